The highest BCUT2D eigenvalue weighted by atomic mass is 16.3. The molecule has 0 unspecified atom stereocenters. The maximum absolute atomic E-state index is 11.5. The fourth-order valence-electron chi connectivity index (χ4n) is 1.67. The van der Waals surface area contributed by atoms with Gasteiger partial charge in [0.15, 0.2) is 11.2 Å². The van der Waals surface area contributed by atoms with Gasteiger partial charge in [0.2, 0.25) is 0 Å². The highest BCUT2D eigenvalue weighted by molar-refractivity contribution is 5.83. The molecule has 0 radical (unpaired) electrons. The van der Waals surface area contributed by atoms with Gasteiger partial charge in [0.25, 0.3) is 11.5 Å². The number of benzene rings is 1. The zero-order chi connectivity index (χ0) is 15.5. The third-order valence-corrected chi connectivity index (χ3v) is 2.67. The SMILES string of the molecule is O=c1[nH]c(=O)c2nnc(NN=Cc3ccccc3O)nc2[nH]1. The Bertz CT molecular complexity index is 976. The zero-order valence-corrected chi connectivity index (χ0v) is 10.9. The predicted molar refractivity (Wildman–Crippen MR) is 77.9 cm³/mol. The quantitative estimate of drug-likeness (QED) is 0.378. The second kappa shape index (κ2) is 5.44. The number of hydrogen-bond acceptors (Lipinski definition) is 8. The van der Waals surface area contributed by atoms with Gasteiger partial charge in [-0.05, 0) is 12.1 Å². The van der Waals surface area contributed by atoms with Gasteiger partial charge in [-0.25, -0.2) is 10.2 Å². The van der Waals surface area contributed by atoms with Crippen molar-refractivity contribution in [2.24, 2.45) is 5.10 Å². The highest BCUT2D eigenvalue weighted by Crippen LogP contribution is 2.12. The van der Waals surface area contributed by atoms with E-state index in [4.69, 9.17) is 0 Å². The van der Waals surface area contributed by atoms with E-state index in [-0.39, 0.29) is 22.9 Å². The minimum atomic E-state index is -0.693. The number of rotatable bonds is 3. The van der Waals surface area contributed by atoms with Crippen molar-refractivity contribution in [3.8, 4) is 5.75 Å². The molecular formula is C12H9N7O3. The molecule has 0 atom stereocenters. The summed E-state index contributed by atoms with van der Waals surface area (Å²) in [6, 6.07) is 6.61. The number of fused-ring (bicyclic) bond motifs is 1. The molecule has 0 aliphatic carbocycles. The molecule has 10 nitrogen and oxygen atoms in total. The van der Waals surface area contributed by atoms with E-state index in [1.165, 1.54) is 12.3 Å². The van der Waals surface area contributed by atoms with Crippen LogP contribution >= 0.6 is 0 Å². The Morgan fingerprint density at radius 1 is 1.18 bits per heavy atom. The van der Waals surface area contributed by atoms with Gasteiger partial charge in [-0.3, -0.25) is 14.8 Å². The number of aromatic nitrogens is 5. The van der Waals surface area contributed by atoms with E-state index in [0.29, 0.717) is 5.56 Å². The third-order valence-electron chi connectivity index (χ3n) is 2.67. The molecule has 0 aliphatic rings. The van der Waals surface area contributed by atoms with Crippen molar-refractivity contribution >= 4 is 23.3 Å². The summed E-state index contributed by atoms with van der Waals surface area (Å²) in [5.41, 5.74) is 1.52. The Labute approximate surface area is 121 Å². The molecular weight excluding hydrogens is 290 g/mol. The Hall–Kier alpha value is -3.56. The Balaban J connectivity index is 1.87. The van der Waals surface area contributed by atoms with Gasteiger partial charge >= 0.3 is 5.69 Å². The predicted octanol–water partition coefficient (Wildman–Crippen LogP) is -0.447. The summed E-state index contributed by atoms with van der Waals surface area (Å²) in [6.45, 7) is 0. The van der Waals surface area contributed by atoms with Crippen LogP contribution in [0.4, 0.5) is 5.95 Å². The maximum atomic E-state index is 11.5. The Morgan fingerprint density at radius 2 is 2.00 bits per heavy atom. The maximum Gasteiger partial charge on any atom is 0.327 e. The number of nitrogens with zero attached hydrogens (tertiary/aromatic N) is 4. The molecule has 4 N–H and O–H groups in total. The number of aromatic amines is 2. The molecule has 2 heterocycles. The Kier molecular flexibility index (Phi) is 3.32. The molecule has 3 rings (SSSR count). The number of H-pyrrole nitrogens is 2. The monoisotopic (exact) mass is 299 g/mol. The average molecular weight is 299 g/mol. The van der Waals surface area contributed by atoms with Gasteiger partial charge in [0, 0.05) is 5.56 Å². The van der Waals surface area contributed by atoms with Crippen LogP contribution in [0.1, 0.15) is 5.56 Å². The summed E-state index contributed by atoms with van der Waals surface area (Å²) in [7, 11) is 0. The summed E-state index contributed by atoms with van der Waals surface area (Å²) < 4.78 is 0. The largest absolute Gasteiger partial charge is 0.507 e. The summed E-state index contributed by atoms with van der Waals surface area (Å²) >= 11 is 0. The van der Waals surface area contributed by atoms with Crippen molar-refractivity contribution in [1.82, 2.24) is 25.1 Å². The van der Waals surface area contributed by atoms with Crippen molar-refractivity contribution in [2.75, 3.05) is 5.43 Å². The summed E-state index contributed by atoms with van der Waals surface area (Å²) in [6.07, 6.45) is 1.36. The first-order valence-corrected chi connectivity index (χ1v) is 6.07. The molecule has 10 heteroatoms. The fourth-order valence-corrected chi connectivity index (χ4v) is 1.67. The van der Waals surface area contributed by atoms with Gasteiger partial charge in [-0.15, -0.1) is 10.2 Å². The minimum Gasteiger partial charge on any atom is -0.507 e. The number of aromatic hydroxyl groups is 1. The molecule has 22 heavy (non-hydrogen) atoms. The van der Waals surface area contributed by atoms with Gasteiger partial charge in [-0.2, -0.15) is 10.1 Å². The smallest absolute Gasteiger partial charge is 0.327 e. The summed E-state index contributed by atoms with van der Waals surface area (Å²) in [5, 5.41) is 20.7. The molecule has 1 aromatic carbocycles. The van der Waals surface area contributed by atoms with E-state index in [2.05, 4.69) is 30.7 Å². The molecule has 0 saturated heterocycles. The molecule has 0 spiro atoms. The number of nitrogens with one attached hydrogen (secondary N) is 3. The molecule has 3 aromatic rings. The van der Waals surface area contributed by atoms with Gasteiger partial charge in [0.1, 0.15) is 5.75 Å². The Morgan fingerprint density at radius 3 is 2.82 bits per heavy atom. The summed E-state index contributed by atoms with van der Waals surface area (Å²) in [5.74, 6) is 0.0573. The standard InChI is InChI=1S/C12H9N7O3/c20-7-4-2-1-3-6(7)5-13-18-11-14-9-8(17-19-11)10(21)16-12(22)15-9/h1-5,20H,(H3,14,15,16,18,19,21,22). The van der Waals surface area contributed by atoms with Crippen molar-refractivity contribution in [3.05, 3.63) is 50.7 Å². The van der Waals surface area contributed by atoms with Gasteiger partial charge < -0.3 is 5.11 Å². The van der Waals surface area contributed by atoms with Crippen LogP contribution in [-0.4, -0.2) is 36.5 Å². The van der Waals surface area contributed by atoms with Crippen molar-refractivity contribution < 1.29 is 5.11 Å². The van der Waals surface area contributed by atoms with Crippen LogP contribution in [0.15, 0.2) is 39.0 Å². The van der Waals surface area contributed by atoms with Crippen molar-refractivity contribution in [2.45, 2.75) is 0 Å². The van der Waals surface area contributed by atoms with Crippen LogP contribution in [0.5, 0.6) is 5.75 Å². The van der Waals surface area contributed by atoms with Crippen molar-refractivity contribution in [3.63, 3.8) is 0 Å². The molecule has 110 valence electrons. The first-order valence-electron chi connectivity index (χ1n) is 6.07. The van der Waals surface area contributed by atoms with E-state index in [1.807, 2.05) is 4.98 Å². The molecule has 0 aliphatic heterocycles. The second-order valence-corrected chi connectivity index (χ2v) is 4.17. The van der Waals surface area contributed by atoms with E-state index in [9.17, 15) is 14.7 Å². The van der Waals surface area contributed by atoms with Crippen molar-refractivity contribution in [1.29, 1.82) is 0 Å². The lowest BCUT2D eigenvalue weighted by Gasteiger charge is -1.99. The van der Waals surface area contributed by atoms with Gasteiger partial charge in [0.05, 0.1) is 6.21 Å². The molecule has 0 fully saturated rings. The first-order chi connectivity index (χ1) is 10.6. The topological polar surface area (TPSA) is 149 Å². The van der Waals surface area contributed by atoms with Crippen LogP contribution in [-0.2, 0) is 0 Å². The number of hydrogen-bond donors (Lipinski definition) is 4. The molecule has 2 aromatic heterocycles. The summed E-state index contributed by atoms with van der Waals surface area (Å²) in [4.78, 5) is 30.9. The third kappa shape index (κ3) is 2.65. The van der Waals surface area contributed by atoms with Crippen LogP contribution < -0.4 is 16.7 Å². The molecule has 0 saturated carbocycles. The lowest BCUT2D eigenvalue weighted by Crippen LogP contribution is -2.23. The lowest BCUT2D eigenvalue weighted by molar-refractivity contribution is 0.474. The number of phenolic OH excluding ortho intramolecular Hbond substituents is 1. The van der Waals surface area contributed by atoms with E-state index in [0.717, 1.165) is 0 Å². The van der Waals surface area contributed by atoms with Crippen LogP contribution in [0.2, 0.25) is 0 Å². The number of anilines is 1. The number of para-hydroxylation sites is 1. The number of phenols is 1. The first kappa shape index (κ1) is 13.4. The zero-order valence-electron chi connectivity index (χ0n) is 10.9. The molecule has 0 amide bonds. The highest BCUT2D eigenvalue weighted by Gasteiger charge is 2.06. The number of hydrazone groups is 1. The minimum absolute atomic E-state index is 0.0102. The van der Waals surface area contributed by atoms with E-state index < -0.39 is 11.2 Å². The lowest BCUT2D eigenvalue weighted by atomic mass is 10.2. The van der Waals surface area contributed by atoms with E-state index in [1.54, 1.807) is 18.2 Å². The van der Waals surface area contributed by atoms with Crippen LogP contribution in [0, 0.1) is 0 Å². The second-order valence-electron chi connectivity index (χ2n) is 4.17. The fraction of sp³-hybridized carbons (Fsp3) is 0. The average Bonchev–Trinajstić information content (AvgIpc) is 2.48. The molecule has 0 bridgehead atoms. The van der Waals surface area contributed by atoms with E-state index >= 15 is 0 Å². The normalized spacial score (nSPS) is 11.1. The van der Waals surface area contributed by atoms with Crippen LogP contribution in [0.25, 0.3) is 11.2 Å². The van der Waals surface area contributed by atoms with Gasteiger partial charge in [-0.1, -0.05) is 12.1 Å². The van der Waals surface area contributed by atoms with Crippen LogP contribution in [0.3, 0.4) is 0 Å².